The predicted octanol–water partition coefficient (Wildman–Crippen LogP) is 3.53. The van der Waals surface area contributed by atoms with Gasteiger partial charge in [0.15, 0.2) is 5.76 Å². The first kappa shape index (κ1) is 16.5. The van der Waals surface area contributed by atoms with Crippen molar-refractivity contribution in [2.24, 2.45) is 34.5 Å². The first-order valence-corrected chi connectivity index (χ1v) is 9.90. The highest BCUT2D eigenvalue weighted by Crippen LogP contribution is 2.66. The second-order valence-corrected chi connectivity index (χ2v) is 9.56. The topological polar surface area (TPSA) is 83.6 Å². The third kappa shape index (κ3) is 1.95. The molecule has 5 nitrogen and oxygen atoms in total. The van der Waals surface area contributed by atoms with Crippen LogP contribution in [0.5, 0.6) is 0 Å². The number of rotatable bonds is 1. The quantitative estimate of drug-likeness (QED) is 0.803. The third-order valence-electron chi connectivity index (χ3n) is 8.50. The molecule has 26 heavy (non-hydrogen) atoms. The van der Waals surface area contributed by atoms with Crippen LogP contribution in [-0.4, -0.2) is 27.4 Å². The van der Waals surface area contributed by atoms with Gasteiger partial charge in [0.1, 0.15) is 0 Å². The summed E-state index contributed by atoms with van der Waals surface area (Å²) in [5.41, 5.74) is 2.15. The Morgan fingerprint density at radius 1 is 1.31 bits per heavy atom. The van der Waals surface area contributed by atoms with Gasteiger partial charge in [-0.05, 0) is 73.2 Å². The van der Waals surface area contributed by atoms with Gasteiger partial charge in [-0.2, -0.15) is 0 Å². The summed E-state index contributed by atoms with van der Waals surface area (Å²) in [5.74, 6) is 0.865. The number of carbonyl (C=O) groups is 1. The highest BCUT2D eigenvalue weighted by Gasteiger charge is 2.63. The van der Waals surface area contributed by atoms with Gasteiger partial charge in [-0.15, -0.1) is 0 Å². The van der Waals surface area contributed by atoms with Crippen LogP contribution in [-0.2, 0) is 11.2 Å². The van der Waals surface area contributed by atoms with E-state index in [0.717, 1.165) is 43.4 Å². The number of nitrogens with zero attached hydrogens (tertiary/aromatic N) is 1. The summed E-state index contributed by atoms with van der Waals surface area (Å²) in [4.78, 5) is 11.8. The Morgan fingerprint density at radius 2 is 2.12 bits per heavy atom. The molecule has 3 unspecified atom stereocenters. The smallest absolute Gasteiger partial charge is 0.307 e. The van der Waals surface area contributed by atoms with Crippen molar-refractivity contribution >= 4 is 12.0 Å². The zero-order chi connectivity index (χ0) is 18.3. The highest BCUT2D eigenvalue weighted by atomic mass is 16.5. The summed E-state index contributed by atoms with van der Waals surface area (Å²) in [7, 11) is 0. The van der Waals surface area contributed by atoms with E-state index in [9.17, 15) is 15.0 Å². The lowest BCUT2D eigenvalue weighted by atomic mass is 9.46. The van der Waals surface area contributed by atoms with Crippen LogP contribution in [0, 0.1) is 34.5 Å². The second kappa shape index (κ2) is 5.22. The van der Waals surface area contributed by atoms with Gasteiger partial charge in [0.2, 0.25) is 0 Å². The largest absolute Gasteiger partial charge is 0.481 e. The van der Waals surface area contributed by atoms with Crippen molar-refractivity contribution in [3.05, 3.63) is 23.1 Å². The molecule has 5 rings (SSSR count). The van der Waals surface area contributed by atoms with Crippen molar-refractivity contribution in [2.45, 2.75) is 58.5 Å². The van der Waals surface area contributed by atoms with Crippen molar-refractivity contribution in [1.82, 2.24) is 5.16 Å². The molecular formula is C21H27NO4. The van der Waals surface area contributed by atoms with Crippen molar-refractivity contribution in [1.29, 1.82) is 0 Å². The van der Waals surface area contributed by atoms with Crippen LogP contribution in [0.25, 0.3) is 6.08 Å². The SMILES string of the molecule is C[C@]12Cc3cnoc3C=C1CCC1C2[C@@H](O)C[C@@]2(C)C1CC[C@@H]2C(=O)O. The number of hydrogen-bond donors (Lipinski definition) is 2. The van der Waals surface area contributed by atoms with Crippen LogP contribution < -0.4 is 0 Å². The van der Waals surface area contributed by atoms with Crippen molar-refractivity contribution in [2.75, 3.05) is 0 Å². The molecule has 7 atom stereocenters. The summed E-state index contributed by atoms with van der Waals surface area (Å²) >= 11 is 0. The molecule has 0 aromatic carbocycles. The number of hydrogen-bond acceptors (Lipinski definition) is 4. The minimum Gasteiger partial charge on any atom is -0.481 e. The van der Waals surface area contributed by atoms with E-state index >= 15 is 0 Å². The number of aromatic nitrogens is 1. The number of aliphatic hydroxyl groups is 1. The molecular weight excluding hydrogens is 330 g/mol. The first-order chi connectivity index (χ1) is 12.3. The fourth-order valence-electron chi connectivity index (χ4n) is 7.42. The molecule has 4 aliphatic rings. The highest BCUT2D eigenvalue weighted by molar-refractivity contribution is 5.71. The molecule has 0 spiro atoms. The van der Waals surface area contributed by atoms with E-state index in [0.29, 0.717) is 18.3 Å². The number of aliphatic hydroxyl groups excluding tert-OH is 1. The van der Waals surface area contributed by atoms with Gasteiger partial charge in [0, 0.05) is 5.56 Å². The Kier molecular flexibility index (Phi) is 3.32. The van der Waals surface area contributed by atoms with Gasteiger partial charge >= 0.3 is 5.97 Å². The van der Waals surface area contributed by atoms with Gasteiger partial charge < -0.3 is 14.7 Å². The van der Waals surface area contributed by atoms with Gasteiger partial charge in [0.25, 0.3) is 0 Å². The molecule has 1 heterocycles. The Labute approximate surface area is 153 Å². The molecule has 1 aromatic heterocycles. The zero-order valence-electron chi connectivity index (χ0n) is 15.4. The normalized spacial score (nSPS) is 46.6. The molecule has 0 radical (unpaired) electrons. The zero-order valence-corrected chi connectivity index (χ0v) is 15.4. The van der Waals surface area contributed by atoms with E-state index in [1.54, 1.807) is 0 Å². The fourth-order valence-corrected chi connectivity index (χ4v) is 7.42. The molecule has 0 bridgehead atoms. The van der Waals surface area contributed by atoms with Crippen LogP contribution in [0.2, 0.25) is 0 Å². The van der Waals surface area contributed by atoms with E-state index in [4.69, 9.17) is 4.52 Å². The van der Waals surface area contributed by atoms with E-state index in [2.05, 4.69) is 25.1 Å². The summed E-state index contributed by atoms with van der Waals surface area (Å²) in [6.07, 6.45) is 8.77. The Morgan fingerprint density at radius 3 is 2.88 bits per heavy atom. The third-order valence-corrected chi connectivity index (χ3v) is 8.50. The van der Waals surface area contributed by atoms with Crippen molar-refractivity contribution in [3.63, 3.8) is 0 Å². The molecule has 5 heteroatoms. The number of allylic oxidation sites excluding steroid dienone is 1. The Hall–Kier alpha value is -1.62. The van der Waals surface area contributed by atoms with E-state index in [-0.39, 0.29) is 22.7 Å². The monoisotopic (exact) mass is 357 g/mol. The average Bonchev–Trinajstić information content (AvgIpc) is 3.14. The van der Waals surface area contributed by atoms with Crippen molar-refractivity contribution < 1.29 is 19.5 Å². The lowest BCUT2D eigenvalue weighted by Crippen LogP contribution is -2.57. The van der Waals surface area contributed by atoms with Crippen molar-refractivity contribution in [3.8, 4) is 0 Å². The van der Waals surface area contributed by atoms with E-state index in [1.807, 2.05) is 6.20 Å². The molecule has 0 amide bonds. The standard InChI is InChI=1S/C21H27NO4/c1-20-8-11-10-22-26-17(11)7-12(20)3-4-13-14-5-6-15(19(24)25)21(14,2)9-16(23)18(13)20/h7,10,13-16,18,23H,3-6,8-9H2,1-2H3,(H,24,25)/t13?,14?,15-,16+,18?,20+,21+/m1/s1. The summed E-state index contributed by atoms with van der Waals surface area (Å²) in [6, 6.07) is 0. The van der Waals surface area contributed by atoms with Crippen LogP contribution in [0.15, 0.2) is 16.3 Å². The summed E-state index contributed by atoms with van der Waals surface area (Å²) in [5, 5.41) is 24.9. The molecule has 2 N–H and O–H groups in total. The van der Waals surface area contributed by atoms with Gasteiger partial charge in [-0.25, -0.2) is 0 Å². The molecule has 140 valence electrons. The first-order valence-electron chi connectivity index (χ1n) is 9.90. The second-order valence-electron chi connectivity index (χ2n) is 9.56. The molecule has 0 aliphatic heterocycles. The lowest BCUT2D eigenvalue weighted by Gasteiger charge is -2.59. The average molecular weight is 357 g/mol. The molecule has 1 aromatic rings. The van der Waals surface area contributed by atoms with Crippen LogP contribution >= 0.6 is 0 Å². The maximum absolute atomic E-state index is 11.8. The Balaban J connectivity index is 1.55. The van der Waals surface area contributed by atoms with E-state index < -0.39 is 12.1 Å². The predicted molar refractivity (Wildman–Crippen MR) is 95.1 cm³/mol. The van der Waals surface area contributed by atoms with E-state index in [1.165, 1.54) is 5.57 Å². The molecule has 3 saturated carbocycles. The lowest BCUT2D eigenvalue weighted by molar-refractivity contribution is -0.156. The number of aliphatic carboxylic acids is 1. The van der Waals surface area contributed by atoms with Crippen LogP contribution in [0.3, 0.4) is 0 Å². The van der Waals surface area contributed by atoms with Crippen LogP contribution in [0.1, 0.15) is 57.3 Å². The minimum absolute atomic E-state index is 0.0798. The summed E-state index contributed by atoms with van der Waals surface area (Å²) in [6.45, 7) is 4.41. The Bertz CT molecular complexity index is 798. The maximum Gasteiger partial charge on any atom is 0.307 e. The van der Waals surface area contributed by atoms with Gasteiger partial charge in [0.05, 0.1) is 18.2 Å². The van der Waals surface area contributed by atoms with Gasteiger partial charge in [-0.3, -0.25) is 4.79 Å². The number of carboxylic acids is 1. The van der Waals surface area contributed by atoms with Gasteiger partial charge in [-0.1, -0.05) is 24.6 Å². The van der Waals surface area contributed by atoms with Crippen LogP contribution in [0.4, 0.5) is 0 Å². The molecule has 3 fully saturated rings. The molecule has 0 saturated heterocycles. The summed E-state index contributed by atoms with van der Waals surface area (Å²) < 4.78 is 5.38. The fraction of sp³-hybridized carbons (Fsp3) is 0.714. The number of fused-ring (bicyclic) bond motifs is 6. The molecule has 4 aliphatic carbocycles. The number of carboxylic acid groups (broad SMARTS) is 1. The minimum atomic E-state index is -0.685. The maximum atomic E-state index is 11.8.